The Labute approximate surface area is 95.9 Å². The highest BCUT2D eigenvalue weighted by Crippen LogP contribution is 2.26. The molecule has 0 aliphatic rings. The van der Waals surface area contributed by atoms with E-state index in [0.717, 1.165) is 24.6 Å². The van der Waals surface area contributed by atoms with Crippen molar-refractivity contribution in [2.75, 3.05) is 13.6 Å². The maximum atomic E-state index is 13.0. The molecule has 0 fully saturated rings. The van der Waals surface area contributed by atoms with Crippen LogP contribution in [0.3, 0.4) is 0 Å². The molecule has 0 radical (unpaired) electrons. The lowest BCUT2D eigenvalue weighted by Gasteiger charge is -2.28. The number of nitrogens with one attached hydrogen (secondary N) is 1. The van der Waals surface area contributed by atoms with Crippen LogP contribution in [0.4, 0.5) is 8.78 Å². The van der Waals surface area contributed by atoms with E-state index in [4.69, 9.17) is 0 Å². The third-order valence-corrected chi connectivity index (χ3v) is 3.01. The van der Waals surface area contributed by atoms with Gasteiger partial charge >= 0.3 is 0 Å². The van der Waals surface area contributed by atoms with Gasteiger partial charge in [0.25, 0.3) is 0 Å². The van der Waals surface area contributed by atoms with Gasteiger partial charge in [-0.05, 0) is 43.0 Å². The molecule has 1 atom stereocenters. The first-order chi connectivity index (χ1) is 7.49. The van der Waals surface area contributed by atoms with Crippen molar-refractivity contribution >= 4 is 0 Å². The summed E-state index contributed by atoms with van der Waals surface area (Å²) in [5, 5.41) is 3.12. The molecule has 1 unspecified atom stereocenters. The van der Waals surface area contributed by atoms with E-state index in [2.05, 4.69) is 19.2 Å². The zero-order chi connectivity index (χ0) is 12.2. The monoisotopic (exact) mass is 227 g/mol. The lowest BCUT2D eigenvalue weighted by Crippen LogP contribution is -2.31. The largest absolute Gasteiger partial charge is 0.319 e. The van der Waals surface area contributed by atoms with Crippen LogP contribution in [-0.2, 0) is 6.42 Å². The molecule has 0 amide bonds. The van der Waals surface area contributed by atoms with Gasteiger partial charge in [-0.3, -0.25) is 0 Å². The van der Waals surface area contributed by atoms with E-state index < -0.39 is 11.6 Å². The molecule has 0 bridgehead atoms. The summed E-state index contributed by atoms with van der Waals surface area (Å²) in [5.74, 6) is -1.00. The van der Waals surface area contributed by atoms with Crippen LogP contribution >= 0.6 is 0 Å². The summed E-state index contributed by atoms with van der Waals surface area (Å²) in [4.78, 5) is 0. The van der Waals surface area contributed by atoms with Gasteiger partial charge in [0.1, 0.15) is 11.6 Å². The predicted octanol–water partition coefficient (Wildman–Crippen LogP) is 3.14. The van der Waals surface area contributed by atoms with Gasteiger partial charge < -0.3 is 5.32 Å². The molecule has 3 heteroatoms. The van der Waals surface area contributed by atoms with E-state index in [1.807, 2.05) is 7.05 Å². The maximum Gasteiger partial charge on any atom is 0.126 e. The van der Waals surface area contributed by atoms with Crippen molar-refractivity contribution in [1.82, 2.24) is 5.32 Å². The molecule has 0 spiro atoms. The Balaban J connectivity index is 2.85. The molecule has 1 N–H and O–H groups in total. The Morgan fingerprint density at radius 3 is 2.19 bits per heavy atom. The highest BCUT2D eigenvalue weighted by Gasteiger charge is 2.22. The van der Waals surface area contributed by atoms with Gasteiger partial charge in [0.15, 0.2) is 0 Å². The average molecular weight is 227 g/mol. The summed E-state index contributed by atoms with van der Waals surface area (Å²) in [7, 11) is 1.89. The fourth-order valence-corrected chi connectivity index (χ4v) is 1.95. The first-order valence-electron chi connectivity index (χ1n) is 5.58. The van der Waals surface area contributed by atoms with Gasteiger partial charge in [-0.15, -0.1) is 0 Å². The molecule has 0 saturated carbocycles. The van der Waals surface area contributed by atoms with Gasteiger partial charge in [0.05, 0.1) is 0 Å². The van der Waals surface area contributed by atoms with Crippen LogP contribution in [0.25, 0.3) is 0 Å². The third-order valence-electron chi connectivity index (χ3n) is 3.01. The predicted molar refractivity (Wildman–Crippen MR) is 62.4 cm³/mol. The van der Waals surface area contributed by atoms with Gasteiger partial charge in [-0.25, -0.2) is 8.78 Å². The Bertz CT molecular complexity index is 332. The van der Waals surface area contributed by atoms with Gasteiger partial charge in [-0.1, -0.05) is 13.8 Å². The molecule has 1 aromatic carbocycles. The van der Waals surface area contributed by atoms with Gasteiger partial charge in [0, 0.05) is 12.6 Å². The zero-order valence-corrected chi connectivity index (χ0v) is 10.1. The lowest BCUT2D eigenvalue weighted by molar-refractivity contribution is 0.298. The molecular formula is C13H19F2N. The van der Waals surface area contributed by atoms with Crippen molar-refractivity contribution in [3.63, 3.8) is 0 Å². The van der Waals surface area contributed by atoms with Crippen molar-refractivity contribution in [3.05, 3.63) is 35.4 Å². The van der Waals surface area contributed by atoms with E-state index in [-0.39, 0.29) is 5.41 Å². The highest BCUT2D eigenvalue weighted by molar-refractivity contribution is 5.19. The number of benzene rings is 1. The summed E-state index contributed by atoms with van der Waals surface area (Å²) in [6.07, 6.45) is 1.64. The number of rotatable bonds is 5. The van der Waals surface area contributed by atoms with Crippen LogP contribution in [0, 0.1) is 17.0 Å². The Kier molecular flexibility index (Phi) is 4.42. The fourth-order valence-electron chi connectivity index (χ4n) is 1.95. The van der Waals surface area contributed by atoms with E-state index in [1.165, 1.54) is 12.1 Å². The second-order valence-corrected chi connectivity index (χ2v) is 4.65. The van der Waals surface area contributed by atoms with Crippen molar-refractivity contribution in [1.29, 1.82) is 0 Å². The molecule has 1 rings (SSSR count). The molecule has 0 aliphatic carbocycles. The maximum absolute atomic E-state index is 13.0. The van der Waals surface area contributed by atoms with Crippen molar-refractivity contribution in [3.8, 4) is 0 Å². The summed E-state index contributed by atoms with van der Waals surface area (Å²) in [6, 6.07) is 3.73. The minimum Gasteiger partial charge on any atom is -0.319 e. The molecule has 1 aromatic rings. The first-order valence-corrected chi connectivity index (χ1v) is 5.58. The molecule has 0 aliphatic heterocycles. The van der Waals surface area contributed by atoms with Crippen LogP contribution in [0.2, 0.25) is 0 Å². The smallest absolute Gasteiger partial charge is 0.126 e. The van der Waals surface area contributed by atoms with Crippen LogP contribution in [0.1, 0.15) is 25.8 Å². The molecule has 90 valence electrons. The number of hydrogen-bond donors (Lipinski definition) is 1. The lowest BCUT2D eigenvalue weighted by atomic mass is 9.81. The normalized spacial score (nSPS) is 14.8. The molecular weight excluding hydrogens is 208 g/mol. The van der Waals surface area contributed by atoms with Gasteiger partial charge in [0.2, 0.25) is 0 Å². The Morgan fingerprint density at radius 2 is 1.75 bits per heavy atom. The molecule has 0 saturated heterocycles. The van der Waals surface area contributed by atoms with Crippen LogP contribution < -0.4 is 5.32 Å². The SMILES string of the molecule is CCC(C)(CNC)Cc1cc(F)cc(F)c1. The van der Waals surface area contributed by atoms with Crippen LogP contribution in [0.5, 0.6) is 0 Å². The van der Waals surface area contributed by atoms with Gasteiger partial charge in [-0.2, -0.15) is 0 Å². The summed E-state index contributed by atoms with van der Waals surface area (Å²) < 4.78 is 26.1. The average Bonchev–Trinajstić information content (AvgIpc) is 2.16. The molecule has 0 aromatic heterocycles. The quantitative estimate of drug-likeness (QED) is 0.814. The molecule has 0 heterocycles. The number of hydrogen-bond acceptors (Lipinski definition) is 1. The van der Waals surface area contributed by atoms with E-state index >= 15 is 0 Å². The fraction of sp³-hybridized carbons (Fsp3) is 0.538. The zero-order valence-electron chi connectivity index (χ0n) is 10.1. The Hall–Kier alpha value is -0.960. The van der Waals surface area contributed by atoms with E-state index in [9.17, 15) is 8.78 Å². The van der Waals surface area contributed by atoms with Crippen molar-refractivity contribution in [2.45, 2.75) is 26.7 Å². The summed E-state index contributed by atoms with van der Waals surface area (Å²) in [6.45, 7) is 5.04. The highest BCUT2D eigenvalue weighted by atomic mass is 19.1. The van der Waals surface area contributed by atoms with Crippen molar-refractivity contribution in [2.24, 2.45) is 5.41 Å². The second-order valence-electron chi connectivity index (χ2n) is 4.65. The minimum atomic E-state index is -0.502. The van der Waals surface area contributed by atoms with Crippen molar-refractivity contribution < 1.29 is 8.78 Å². The first kappa shape index (κ1) is 13.1. The molecule has 16 heavy (non-hydrogen) atoms. The topological polar surface area (TPSA) is 12.0 Å². The molecule has 1 nitrogen and oxygen atoms in total. The van der Waals surface area contributed by atoms with Crippen LogP contribution in [-0.4, -0.2) is 13.6 Å². The second kappa shape index (κ2) is 5.39. The number of halogens is 2. The Morgan fingerprint density at radius 1 is 1.19 bits per heavy atom. The minimum absolute atomic E-state index is 0.0367. The summed E-state index contributed by atoms with van der Waals surface area (Å²) >= 11 is 0. The van der Waals surface area contributed by atoms with E-state index in [0.29, 0.717) is 6.42 Å². The standard InChI is InChI=1S/C13H19F2N/c1-4-13(2,9-16-3)8-10-5-11(14)7-12(15)6-10/h5-7,16H,4,8-9H2,1-3H3. The van der Waals surface area contributed by atoms with E-state index in [1.54, 1.807) is 0 Å². The summed E-state index contributed by atoms with van der Waals surface area (Å²) in [5.41, 5.74) is 0.756. The van der Waals surface area contributed by atoms with Crippen LogP contribution in [0.15, 0.2) is 18.2 Å². The third kappa shape index (κ3) is 3.56.